The molecule has 4 rings (SSSR count). The molecular weight excluding hydrogens is 334 g/mol. The van der Waals surface area contributed by atoms with Gasteiger partial charge in [0, 0.05) is 37.7 Å². The molecule has 1 aromatic carbocycles. The Balaban J connectivity index is 1.69. The Bertz CT molecular complexity index is 850. The van der Waals surface area contributed by atoms with Gasteiger partial charge in [-0.2, -0.15) is 0 Å². The lowest BCUT2D eigenvalue weighted by atomic mass is 10.1. The maximum Gasteiger partial charge on any atom is 0.251 e. The molecule has 24 heavy (non-hydrogen) atoms. The first-order valence-electron chi connectivity index (χ1n) is 7.75. The number of anilines is 1. The molecule has 0 amide bonds. The van der Waals surface area contributed by atoms with Crippen molar-refractivity contribution in [2.75, 3.05) is 18.0 Å². The minimum atomic E-state index is -2.58. The van der Waals surface area contributed by atoms with Crippen LogP contribution in [0.1, 0.15) is 12.8 Å². The number of nitrogens with zero attached hydrogens (tertiary/aromatic N) is 3. The number of fused-ring (bicyclic) bond motifs is 1. The average molecular weight is 349 g/mol. The standard InChI is InChI=1S/C17H15ClF2N4/c18-12-10-21-15(24-7-5-17(19,20)6-8-24)9-11(12)16-22-13-3-1-2-4-14(13)23-16/h1-4,9-10H,5-8H2,(H,22,23). The average Bonchev–Trinajstić information content (AvgIpc) is 2.99. The molecule has 2 aromatic heterocycles. The highest BCUT2D eigenvalue weighted by Crippen LogP contribution is 2.33. The van der Waals surface area contributed by atoms with Crippen LogP contribution in [-0.2, 0) is 0 Å². The number of rotatable bonds is 2. The normalized spacial score (nSPS) is 17.4. The highest BCUT2D eigenvalue weighted by atomic mass is 35.5. The van der Waals surface area contributed by atoms with Crippen LogP contribution in [0.4, 0.5) is 14.6 Å². The predicted molar refractivity (Wildman–Crippen MR) is 90.7 cm³/mol. The summed E-state index contributed by atoms with van der Waals surface area (Å²) in [5, 5.41) is 0.472. The number of pyridine rings is 1. The van der Waals surface area contributed by atoms with E-state index in [0.717, 1.165) is 16.6 Å². The van der Waals surface area contributed by atoms with Gasteiger partial charge in [-0.15, -0.1) is 0 Å². The van der Waals surface area contributed by atoms with E-state index in [1.54, 1.807) is 6.20 Å². The Morgan fingerprint density at radius 3 is 2.67 bits per heavy atom. The molecule has 1 N–H and O–H groups in total. The summed E-state index contributed by atoms with van der Waals surface area (Å²) in [5.41, 5.74) is 2.48. The minimum absolute atomic E-state index is 0.155. The van der Waals surface area contributed by atoms with Gasteiger partial charge in [0.05, 0.1) is 16.1 Å². The Morgan fingerprint density at radius 2 is 1.92 bits per heavy atom. The van der Waals surface area contributed by atoms with Crippen LogP contribution in [0.15, 0.2) is 36.5 Å². The van der Waals surface area contributed by atoms with E-state index in [1.165, 1.54) is 0 Å². The van der Waals surface area contributed by atoms with Crippen molar-refractivity contribution in [3.63, 3.8) is 0 Å². The third-order valence-corrected chi connectivity index (χ3v) is 4.61. The van der Waals surface area contributed by atoms with Crippen LogP contribution in [0.2, 0.25) is 5.02 Å². The molecule has 1 fully saturated rings. The van der Waals surface area contributed by atoms with E-state index in [9.17, 15) is 8.78 Å². The molecule has 1 aliphatic heterocycles. The maximum absolute atomic E-state index is 13.3. The van der Waals surface area contributed by atoms with Crippen molar-refractivity contribution in [1.82, 2.24) is 15.0 Å². The molecule has 1 saturated heterocycles. The van der Waals surface area contributed by atoms with Crippen LogP contribution >= 0.6 is 11.6 Å². The molecule has 3 aromatic rings. The van der Waals surface area contributed by atoms with Crippen LogP contribution in [0.5, 0.6) is 0 Å². The first-order chi connectivity index (χ1) is 11.5. The van der Waals surface area contributed by atoms with Gasteiger partial charge in [0.25, 0.3) is 5.92 Å². The van der Waals surface area contributed by atoms with Crippen molar-refractivity contribution < 1.29 is 8.78 Å². The highest BCUT2D eigenvalue weighted by molar-refractivity contribution is 6.33. The van der Waals surface area contributed by atoms with Crippen LogP contribution in [-0.4, -0.2) is 34.0 Å². The van der Waals surface area contributed by atoms with E-state index >= 15 is 0 Å². The fraction of sp³-hybridized carbons (Fsp3) is 0.294. The molecule has 0 radical (unpaired) electrons. The van der Waals surface area contributed by atoms with Crippen molar-refractivity contribution >= 4 is 28.5 Å². The molecule has 0 atom stereocenters. The van der Waals surface area contributed by atoms with Crippen molar-refractivity contribution in [2.45, 2.75) is 18.8 Å². The van der Waals surface area contributed by atoms with Gasteiger partial charge in [0.2, 0.25) is 0 Å². The number of piperidine rings is 1. The van der Waals surface area contributed by atoms with Gasteiger partial charge in [-0.3, -0.25) is 0 Å². The van der Waals surface area contributed by atoms with Crippen LogP contribution in [0.3, 0.4) is 0 Å². The zero-order chi connectivity index (χ0) is 16.7. The van der Waals surface area contributed by atoms with E-state index in [2.05, 4.69) is 15.0 Å². The van der Waals surface area contributed by atoms with Gasteiger partial charge in [0.15, 0.2) is 0 Å². The fourth-order valence-electron chi connectivity index (χ4n) is 2.93. The monoisotopic (exact) mass is 348 g/mol. The van der Waals surface area contributed by atoms with Crippen molar-refractivity contribution in [3.8, 4) is 11.4 Å². The number of imidazole rings is 1. The smallest absolute Gasteiger partial charge is 0.251 e. The molecule has 0 saturated carbocycles. The molecule has 1 aliphatic rings. The second kappa shape index (κ2) is 5.70. The zero-order valence-electron chi connectivity index (χ0n) is 12.8. The second-order valence-electron chi connectivity index (χ2n) is 5.97. The summed E-state index contributed by atoms with van der Waals surface area (Å²) in [7, 11) is 0. The summed E-state index contributed by atoms with van der Waals surface area (Å²) in [5.74, 6) is -1.29. The van der Waals surface area contributed by atoms with Gasteiger partial charge in [0.1, 0.15) is 11.6 Å². The van der Waals surface area contributed by atoms with E-state index in [4.69, 9.17) is 11.6 Å². The molecular formula is C17H15ClF2N4. The number of para-hydroxylation sites is 2. The molecule has 4 nitrogen and oxygen atoms in total. The number of benzene rings is 1. The molecule has 3 heterocycles. The Morgan fingerprint density at radius 1 is 1.17 bits per heavy atom. The summed E-state index contributed by atoms with van der Waals surface area (Å²) in [6.07, 6.45) is 1.24. The van der Waals surface area contributed by atoms with Crippen LogP contribution in [0.25, 0.3) is 22.4 Å². The molecule has 124 valence electrons. The SMILES string of the molecule is FC1(F)CCN(c2cc(-c3nc4ccccc4[nH]3)c(Cl)cn2)CC1. The quantitative estimate of drug-likeness (QED) is 0.741. The molecule has 0 bridgehead atoms. The number of H-pyrrole nitrogens is 1. The minimum Gasteiger partial charge on any atom is -0.356 e. The van der Waals surface area contributed by atoms with Gasteiger partial charge in [-0.1, -0.05) is 23.7 Å². The van der Waals surface area contributed by atoms with Crippen molar-refractivity contribution in [3.05, 3.63) is 41.6 Å². The third kappa shape index (κ3) is 2.82. The van der Waals surface area contributed by atoms with Gasteiger partial charge >= 0.3 is 0 Å². The van der Waals surface area contributed by atoms with E-state index in [1.807, 2.05) is 35.2 Å². The number of hydrogen-bond donors (Lipinski definition) is 1. The van der Waals surface area contributed by atoms with E-state index in [0.29, 0.717) is 16.7 Å². The number of hydrogen-bond acceptors (Lipinski definition) is 3. The summed E-state index contributed by atoms with van der Waals surface area (Å²) in [6.45, 7) is 0.558. The fourth-order valence-corrected chi connectivity index (χ4v) is 3.12. The molecule has 0 spiro atoms. The molecule has 7 heteroatoms. The lowest BCUT2D eigenvalue weighted by molar-refractivity contribution is -0.0221. The topological polar surface area (TPSA) is 44.8 Å². The summed E-state index contributed by atoms with van der Waals surface area (Å²) in [6, 6.07) is 9.51. The third-order valence-electron chi connectivity index (χ3n) is 4.30. The summed E-state index contributed by atoms with van der Waals surface area (Å²) >= 11 is 6.28. The van der Waals surface area contributed by atoms with E-state index in [-0.39, 0.29) is 25.9 Å². The first kappa shape index (κ1) is 15.3. The Kier molecular flexibility index (Phi) is 3.64. The Hall–Kier alpha value is -2.21. The first-order valence-corrected chi connectivity index (χ1v) is 8.13. The number of halogens is 3. The van der Waals surface area contributed by atoms with Crippen LogP contribution in [0, 0.1) is 0 Å². The number of nitrogens with one attached hydrogen (secondary N) is 1. The lowest BCUT2D eigenvalue weighted by Gasteiger charge is -2.32. The zero-order valence-corrected chi connectivity index (χ0v) is 13.5. The predicted octanol–water partition coefficient (Wildman–Crippen LogP) is 4.51. The second-order valence-corrected chi connectivity index (χ2v) is 6.38. The number of aromatic nitrogens is 3. The van der Waals surface area contributed by atoms with Crippen molar-refractivity contribution in [2.24, 2.45) is 0 Å². The summed E-state index contributed by atoms with van der Waals surface area (Å²) < 4.78 is 26.7. The maximum atomic E-state index is 13.3. The molecule has 0 aliphatic carbocycles. The highest BCUT2D eigenvalue weighted by Gasteiger charge is 2.34. The van der Waals surface area contributed by atoms with Gasteiger partial charge in [-0.05, 0) is 18.2 Å². The Labute approximate surface area is 142 Å². The number of aromatic amines is 1. The number of alkyl halides is 2. The summed E-state index contributed by atoms with van der Waals surface area (Å²) in [4.78, 5) is 13.9. The van der Waals surface area contributed by atoms with E-state index < -0.39 is 5.92 Å². The van der Waals surface area contributed by atoms with Gasteiger partial charge in [-0.25, -0.2) is 18.7 Å². The van der Waals surface area contributed by atoms with Crippen molar-refractivity contribution in [1.29, 1.82) is 0 Å². The van der Waals surface area contributed by atoms with Crippen LogP contribution < -0.4 is 4.90 Å². The molecule has 0 unspecified atom stereocenters. The van der Waals surface area contributed by atoms with Gasteiger partial charge < -0.3 is 9.88 Å². The largest absolute Gasteiger partial charge is 0.356 e. The lowest BCUT2D eigenvalue weighted by Crippen LogP contribution is -2.39.